The molecule has 0 N–H and O–H groups in total. The molecule has 19 heavy (non-hydrogen) atoms. The maximum Gasteiger partial charge on any atom is 0.338 e. The van der Waals surface area contributed by atoms with E-state index in [-0.39, 0.29) is 5.78 Å². The Morgan fingerprint density at radius 2 is 1.95 bits per heavy atom. The molecule has 0 radical (unpaired) electrons. The van der Waals surface area contributed by atoms with Gasteiger partial charge in [0.1, 0.15) is 16.4 Å². The number of halogens is 1. The Hall–Kier alpha value is -1.36. The summed E-state index contributed by atoms with van der Waals surface area (Å²) in [5.41, 5.74) is 1.05. The molecular weight excluding hydrogens is 312 g/mol. The molecule has 0 bridgehead atoms. The SMILES string of the molecule is CCOC(=O)c1ccc(OCC)c(C(Br)C(C)=O)c1. The summed E-state index contributed by atoms with van der Waals surface area (Å²) >= 11 is 3.31. The smallest absolute Gasteiger partial charge is 0.338 e. The number of esters is 1. The molecule has 0 spiro atoms. The van der Waals surface area contributed by atoms with E-state index >= 15 is 0 Å². The third-order valence-electron chi connectivity index (χ3n) is 2.45. The summed E-state index contributed by atoms with van der Waals surface area (Å²) < 4.78 is 10.4. The first-order valence-electron chi connectivity index (χ1n) is 6.09. The lowest BCUT2D eigenvalue weighted by atomic mass is 10.0. The number of carbonyl (C=O) groups is 2. The number of hydrogen-bond donors (Lipinski definition) is 0. The second-order valence-corrected chi connectivity index (χ2v) is 4.79. The summed E-state index contributed by atoms with van der Waals surface area (Å²) in [6.45, 7) is 5.89. The number of ether oxygens (including phenoxy) is 2. The van der Waals surface area contributed by atoms with Crippen molar-refractivity contribution in [3.05, 3.63) is 29.3 Å². The van der Waals surface area contributed by atoms with E-state index in [9.17, 15) is 9.59 Å². The van der Waals surface area contributed by atoms with Crippen LogP contribution in [-0.2, 0) is 9.53 Å². The summed E-state index contributed by atoms with van der Waals surface area (Å²) in [6, 6.07) is 4.94. The number of hydrogen-bond acceptors (Lipinski definition) is 4. The highest BCUT2D eigenvalue weighted by Crippen LogP contribution is 2.33. The predicted molar refractivity (Wildman–Crippen MR) is 75.9 cm³/mol. The van der Waals surface area contributed by atoms with Gasteiger partial charge in [-0.2, -0.15) is 0 Å². The summed E-state index contributed by atoms with van der Waals surface area (Å²) in [5, 5.41) is 0. The number of rotatable bonds is 6. The van der Waals surface area contributed by atoms with Crippen LogP contribution in [0.5, 0.6) is 5.75 Å². The van der Waals surface area contributed by atoms with E-state index in [1.54, 1.807) is 25.1 Å². The minimum atomic E-state index is -0.497. The average Bonchev–Trinajstić information content (AvgIpc) is 2.38. The van der Waals surface area contributed by atoms with Crippen LogP contribution in [0.3, 0.4) is 0 Å². The first-order valence-corrected chi connectivity index (χ1v) is 7.01. The molecule has 0 saturated carbocycles. The molecule has 0 fully saturated rings. The summed E-state index contributed by atoms with van der Waals surface area (Å²) in [5.74, 6) is 0.129. The van der Waals surface area contributed by atoms with Crippen molar-refractivity contribution < 1.29 is 19.1 Å². The molecule has 0 aromatic heterocycles. The third kappa shape index (κ3) is 4.06. The second kappa shape index (κ2) is 7.28. The summed E-state index contributed by atoms with van der Waals surface area (Å²) in [7, 11) is 0. The minimum absolute atomic E-state index is 0.0537. The van der Waals surface area contributed by atoms with Crippen molar-refractivity contribution in [2.24, 2.45) is 0 Å². The highest BCUT2D eigenvalue weighted by atomic mass is 79.9. The first kappa shape index (κ1) is 15.7. The van der Waals surface area contributed by atoms with Gasteiger partial charge in [-0.25, -0.2) is 4.79 Å². The molecule has 1 atom stereocenters. The minimum Gasteiger partial charge on any atom is -0.494 e. The summed E-state index contributed by atoms with van der Waals surface area (Å²) in [4.78, 5) is 22.7. The van der Waals surface area contributed by atoms with Gasteiger partial charge >= 0.3 is 5.97 Å². The average molecular weight is 329 g/mol. The fraction of sp³-hybridized carbons (Fsp3) is 0.429. The Morgan fingerprint density at radius 1 is 1.26 bits per heavy atom. The molecule has 1 rings (SSSR count). The standard InChI is InChI=1S/C14H17BrO4/c1-4-18-12-7-6-10(14(17)19-5-2)8-11(12)13(15)9(3)16/h6-8,13H,4-5H2,1-3H3. The first-order chi connectivity index (χ1) is 9.01. The molecule has 104 valence electrons. The number of ketones is 1. The zero-order valence-electron chi connectivity index (χ0n) is 11.2. The predicted octanol–water partition coefficient (Wildman–Crippen LogP) is 3.29. The van der Waals surface area contributed by atoms with Gasteiger partial charge in [-0.1, -0.05) is 15.9 Å². The topological polar surface area (TPSA) is 52.6 Å². The van der Waals surface area contributed by atoms with Crippen LogP contribution in [0.15, 0.2) is 18.2 Å². The second-order valence-electron chi connectivity index (χ2n) is 3.88. The van der Waals surface area contributed by atoms with Gasteiger partial charge in [-0.05, 0) is 39.0 Å². The lowest BCUT2D eigenvalue weighted by Crippen LogP contribution is -2.09. The maximum atomic E-state index is 11.7. The molecule has 0 saturated heterocycles. The van der Waals surface area contributed by atoms with Crippen molar-refractivity contribution in [1.29, 1.82) is 0 Å². The molecule has 0 aliphatic carbocycles. The Bertz CT molecular complexity index is 471. The summed E-state index contributed by atoms with van der Waals surface area (Å²) in [6.07, 6.45) is 0. The quantitative estimate of drug-likeness (QED) is 0.594. The van der Waals surface area contributed by atoms with Gasteiger partial charge in [0, 0.05) is 5.56 Å². The lowest BCUT2D eigenvalue weighted by Gasteiger charge is -2.14. The van der Waals surface area contributed by atoms with E-state index in [0.29, 0.717) is 30.1 Å². The Balaban J connectivity index is 3.17. The Morgan fingerprint density at radius 3 is 2.47 bits per heavy atom. The van der Waals surface area contributed by atoms with Crippen LogP contribution in [0.25, 0.3) is 0 Å². The molecule has 1 aromatic carbocycles. The van der Waals surface area contributed by atoms with Crippen LogP contribution in [0.1, 0.15) is 41.5 Å². The molecule has 0 amide bonds. The van der Waals surface area contributed by atoms with Gasteiger partial charge in [0.15, 0.2) is 0 Å². The monoisotopic (exact) mass is 328 g/mol. The highest BCUT2D eigenvalue weighted by molar-refractivity contribution is 9.09. The number of alkyl halides is 1. The Kier molecular flexibility index (Phi) is 6.02. The van der Waals surface area contributed by atoms with Crippen molar-refractivity contribution in [1.82, 2.24) is 0 Å². The zero-order chi connectivity index (χ0) is 14.4. The molecule has 0 aliphatic heterocycles. The normalized spacial score (nSPS) is 11.8. The maximum absolute atomic E-state index is 11.7. The van der Waals surface area contributed by atoms with Gasteiger partial charge in [-0.3, -0.25) is 4.79 Å². The van der Waals surface area contributed by atoms with Crippen LogP contribution in [0, 0.1) is 0 Å². The van der Waals surface area contributed by atoms with E-state index in [2.05, 4.69) is 15.9 Å². The lowest BCUT2D eigenvalue weighted by molar-refractivity contribution is -0.116. The van der Waals surface area contributed by atoms with E-state index in [4.69, 9.17) is 9.47 Å². The van der Waals surface area contributed by atoms with Crippen LogP contribution >= 0.6 is 15.9 Å². The van der Waals surface area contributed by atoms with Crippen molar-refractivity contribution >= 4 is 27.7 Å². The molecule has 1 unspecified atom stereocenters. The number of benzene rings is 1. The van der Waals surface area contributed by atoms with Crippen molar-refractivity contribution in [3.8, 4) is 5.75 Å². The highest BCUT2D eigenvalue weighted by Gasteiger charge is 2.20. The van der Waals surface area contributed by atoms with Crippen molar-refractivity contribution in [3.63, 3.8) is 0 Å². The number of carbonyl (C=O) groups excluding carboxylic acids is 2. The van der Waals surface area contributed by atoms with Gasteiger partial charge in [0.2, 0.25) is 0 Å². The largest absolute Gasteiger partial charge is 0.494 e. The Labute approximate surface area is 121 Å². The van der Waals surface area contributed by atoms with E-state index < -0.39 is 10.8 Å². The van der Waals surface area contributed by atoms with Crippen LogP contribution in [0.2, 0.25) is 0 Å². The van der Waals surface area contributed by atoms with E-state index in [1.165, 1.54) is 6.92 Å². The third-order valence-corrected chi connectivity index (χ3v) is 3.59. The van der Waals surface area contributed by atoms with Crippen molar-refractivity contribution in [2.75, 3.05) is 13.2 Å². The van der Waals surface area contributed by atoms with E-state index in [1.807, 2.05) is 6.92 Å². The number of Topliss-reactive ketones (excluding diaryl/α,β-unsaturated/α-hetero) is 1. The molecular formula is C14H17BrO4. The van der Waals surface area contributed by atoms with Crippen LogP contribution in [0.4, 0.5) is 0 Å². The van der Waals surface area contributed by atoms with Gasteiger partial charge in [0.25, 0.3) is 0 Å². The fourth-order valence-corrected chi connectivity index (χ4v) is 1.95. The fourth-order valence-electron chi connectivity index (χ4n) is 1.59. The molecule has 4 nitrogen and oxygen atoms in total. The molecule has 5 heteroatoms. The van der Waals surface area contributed by atoms with Crippen molar-refractivity contribution in [2.45, 2.75) is 25.6 Å². The molecule has 1 aromatic rings. The zero-order valence-corrected chi connectivity index (χ0v) is 12.8. The molecule has 0 aliphatic rings. The van der Waals surface area contributed by atoms with Crippen LogP contribution in [-0.4, -0.2) is 25.0 Å². The van der Waals surface area contributed by atoms with Crippen LogP contribution < -0.4 is 4.74 Å². The van der Waals surface area contributed by atoms with Gasteiger partial charge in [-0.15, -0.1) is 0 Å². The van der Waals surface area contributed by atoms with Gasteiger partial charge < -0.3 is 9.47 Å². The van der Waals surface area contributed by atoms with Gasteiger partial charge in [0.05, 0.1) is 18.8 Å². The molecule has 0 heterocycles. The van der Waals surface area contributed by atoms with E-state index in [0.717, 1.165) is 0 Å².